The number of halogens is 1. The standard InChI is InChI=1S/C18H24N4O.ClH/c1-14(15-7-4-3-5-8-15)21(2)18(23)17-10-12-22(20-17)16-9-6-11-19-13-16;/h3-5,7-8,10,12,14,16,19H,6,9,11,13H2,1-2H3;1H. The molecule has 2 atom stereocenters. The van der Waals surface area contributed by atoms with Crippen LogP contribution in [0.4, 0.5) is 0 Å². The summed E-state index contributed by atoms with van der Waals surface area (Å²) in [6, 6.07) is 12.3. The molecule has 2 aromatic rings. The summed E-state index contributed by atoms with van der Waals surface area (Å²) in [5.74, 6) is -0.0381. The Kier molecular flexibility index (Phi) is 6.40. The minimum Gasteiger partial charge on any atom is -0.334 e. The molecule has 0 spiro atoms. The Balaban J connectivity index is 0.00000208. The maximum Gasteiger partial charge on any atom is 0.274 e. The van der Waals surface area contributed by atoms with E-state index in [1.54, 1.807) is 4.90 Å². The first-order chi connectivity index (χ1) is 11.2. The van der Waals surface area contributed by atoms with Gasteiger partial charge in [0.05, 0.1) is 12.1 Å². The zero-order chi connectivity index (χ0) is 16.2. The Morgan fingerprint density at radius 3 is 2.75 bits per heavy atom. The van der Waals surface area contributed by atoms with E-state index in [1.807, 2.05) is 61.2 Å². The fourth-order valence-electron chi connectivity index (χ4n) is 3.03. The minimum atomic E-state index is -0.0381. The molecule has 1 aromatic heterocycles. The second-order valence-corrected chi connectivity index (χ2v) is 6.18. The number of piperidine rings is 1. The van der Waals surface area contributed by atoms with Crippen LogP contribution in [-0.4, -0.2) is 40.7 Å². The molecule has 1 aliphatic heterocycles. The molecule has 1 saturated heterocycles. The molecule has 6 heteroatoms. The van der Waals surface area contributed by atoms with Crippen LogP contribution in [0.15, 0.2) is 42.6 Å². The SMILES string of the molecule is CC(c1ccccc1)N(C)C(=O)c1ccn(C2CCCNC2)n1.Cl. The maximum atomic E-state index is 12.7. The molecular weight excluding hydrogens is 324 g/mol. The van der Waals surface area contributed by atoms with Gasteiger partial charge in [0.1, 0.15) is 5.69 Å². The normalized spacial score (nSPS) is 18.5. The quantitative estimate of drug-likeness (QED) is 0.923. The van der Waals surface area contributed by atoms with Gasteiger partial charge in [-0.05, 0) is 37.9 Å². The van der Waals surface area contributed by atoms with Crippen molar-refractivity contribution in [1.29, 1.82) is 0 Å². The van der Waals surface area contributed by atoms with Crippen molar-refractivity contribution in [1.82, 2.24) is 20.0 Å². The third-order valence-corrected chi connectivity index (χ3v) is 4.66. The van der Waals surface area contributed by atoms with Crippen molar-refractivity contribution in [3.05, 3.63) is 53.9 Å². The molecule has 0 saturated carbocycles. The Morgan fingerprint density at radius 1 is 1.33 bits per heavy atom. The third-order valence-electron chi connectivity index (χ3n) is 4.66. The van der Waals surface area contributed by atoms with Crippen molar-refractivity contribution >= 4 is 18.3 Å². The molecule has 1 aromatic carbocycles. The van der Waals surface area contributed by atoms with Gasteiger partial charge in [-0.15, -0.1) is 12.4 Å². The number of carbonyl (C=O) groups is 1. The van der Waals surface area contributed by atoms with Crippen LogP contribution in [0.3, 0.4) is 0 Å². The van der Waals surface area contributed by atoms with Crippen LogP contribution in [0.2, 0.25) is 0 Å². The van der Waals surface area contributed by atoms with Crippen molar-refractivity contribution in [2.24, 2.45) is 0 Å². The van der Waals surface area contributed by atoms with Crippen molar-refractivity contribution in [3.8, 4) is 0 Å². The third kappa shape index (κ3) is 3.97. The lowest BCUT2D eigenvalue weighted by atomic mass is 10.1. The summed E-state index contributed by atoms with van der Waals surface area (Å²) in [6.07, 6.45) is 4.18. The lowest BCUT2D eigenvalue weighted by Crippen LogP contribution is -2.33. The smallest absolute Gasteiger partial charge is 0.274 e. The molecule has 1 aliphatic rings. The number of hydrogen-bond acceptors (Lipinski definition) is 3. The van der Waals surface area contributed by atoms with Crippen LogP contribution in [0.25, 0.3) is 0 Å². The minimum absolute atomic E-state index is 0. The summed E-state index contributed by atoms with van der Waals surface area (Å²) >= 11 is 0. The van der Waals surface area contributed by atoms with E-state index in [4.69, 9.17) is 0 Å². The maximum absolute atomic E-state index is 12.7. The number of carbonyl (C=O) groups excluding carboxylic acids is 1. The van der Waals surface area contributed by atoms with Gasteiger partial charge in [0.2, 0.25) is 0 Å². The van der Waals surface area contributed by atoms with E-state index >= 15 is 0 Å². The van der Waals surface area contributed by atoms with Gasteiger partial charge in [-0.2, -0.15) is 5.10 Å². The van der Waals surface area contributed by atoms with Crippen LogP contribution >= 0.6 is 12.4 Å². The molecule has 2 heterocycles. The number of hydrogen-bond donors (Lipinski definition) is 1. The number of aromatic nitrogens is 2. The number of rotatable bonds is 4. The number of nitrogens with zero attached hydrogens (tertiary/aromatic N) is 3. The molecule has 5 nitrogen and oxygen atoms in total. The highest BCUT2D eigenvalue weighted by Crippen LogP contribution is 2.21. The van der Waals surface area contributed by atoms with E-state index in [0.717, 1.165) is 31.5 Å². The van der Waals surface area contributed by atoms with Gasteiger partial charge in [-0.25, -0.2) is 0 Å². The summed E-state index contributed by atoms with van der Waals surface area (Å²) in [6.45, 7) is 4.03. The van der Waals surface area contributed by atoms with E-state index in [1.165, 1.54) is 0 Å². The van der Waals surface area contributed by atoms with E-state index in [-0.39, 0.29) is 24.4 Å². The van der Waals surface area contributed by atoms with Crippen molar-refractivity contribution in [3.63, 3.8) is 0 Å². The first-order valence-corrected chi connectivity index (χ1v) is 8.25. The predicted molar refractivity (Wildman–Crippen MR) is 97.6 cm³/mol. The Labute approximate surface area is 149 Å². The van der Waals surface area contributed by atoms with E-state index in [0.29, 0.717) is 11.7 Å². The Morgan fingerprint density at radius 2 is 2.08 bits per heavy atom. The highest BCUT2D eigenvalue weighted by Gasteiger charge is 2.22. The molecule has 1 amide bonds. The molecule has 130 valence electrons. The molecule has 0 aliphatic carbocycles. The molecule has 0 bridgehead atoms. The molecule has 1 fully saturated rings. The second kappa shape index (κ2) is 8.31. The highest BCUT2D eigenvalue weighted by molar-refractivity contribution is 5.92. The summed E-state index contributed by atoms with van der Waals surface area (Å²) in [7, 11) is 1.83. The largest absolute Gasteiger partial charge is 0.334 e. The predicted octanol–water partition coefficient (Wildman–Crippen LogP) is 3.06. The molecule has 24 heavy (non-hydrogen) atoms. The summed E-state index contributed by atoms with van der Waals surface area (Å²) < 4.78 is 1.93. The lowest BCUT2D eigenvalue weighted by molar-refractivity contribution is 0.0735. The van der Waals surface area contributed by atoms with Crippen LogP contribution in [0.1, 0.15) is 47.9 Å². The summed E-state index contributed by atoms with van der Waals surface area (Å²) in [5, 5.41) is 7.89. The van der Waals surface area contributed by atoms with Crippen LogP contribution in [0.5, 0.6) is 0 Å². The number of benzene rings is 1. The first-order valence-electron chi connectivity index (χ1n) is 8.25. The van der Waals surface area contributed by atoms with E-state index in [2.05, 4.69) is 10.4 Å². The molecule has 3 rings (SSSR count). The zero-order valence-electron chi connectivity index (χ0n) is 14.2. The van der Waals surface area contributed by atoms with Gasteiger partial charge in [-0.3, -0.25) is 9.48 Å². The van der Waals surface area contributed by atoms with Gasteiger partial charge in [0.25, 0.3) is 5.91 Å². The van der Waals surface area contributed by atoms with E-state index in [9.17, 15) is 4.79 Å². The molecular formula is C18H25ClN4O. The van der Waals surface area contributed by atoms with Crippen LogP contribution in [0, 0.1) is 0 Å². The molecule has 1 N–H and O–H groups in total. The summed E-state index contributed by atoms with van der Waals surface area (Å²) in [4.78, 5) is 14.4. The lowest BCUT2D eigenvalue weighted by Gasteiger charge is -2.25. The molecule has 0 radical (unpaired) electrons. The van der Waals surface area contributed by atoms with E-state index < -0.39 is 0 Å². The monoisotopic (exact) mass is 348 g/mol. The first kappa shape index (κ1) is 18.5. The van der Waals surface area contributed by atoms with Gasteiger partial charge in [0.15, 0.2) is 0 Å². The summed E-state index contributed by atoms with van der Waals surface area (Å²) in [5.41, 5.74) is 1.64. The van der Waals surface area contributed by atoms with Gasteiger partial charge < -0.3 is 10.2 Å². The second-order valence-electron chi connectivity index (χ2n) is 6.18. The average Bonchev–Trinajstić information content (AvgIpc) is 3.11. The van der Waals surface area contributed by atoms with Crippen molar-refractivity contribution in [2.75, 3.05) is 20.1 Å². The van der Waals surface area contributed by atoms with Crippen molar-refractivity contribution < 1.29 is 4.79 Å². The fraction of sp³-hybridized carbons (Fsp3) is 0.444. The highest BCUT2D eigenvalue weighted by atomic mass is 35.5. The zero-order valence-corrected chi connectivity index (χ0v) is 15.0. The Hall–Kier alpha value is -1.85. The topological polar surface area (TPSA) is 50.2 Å². The van der Waals surface area contributed by atoms with Crippen molar-refractivity contribution in [2.45, 2.75) is 31.8 Å². The number of amides is 1. The van der Waals surface area contributed by atoms with Gasteiger partial charge in [-0.1, -0.05) is 30.3 Å². The van der Waals surface area contributed by atoms with Crippen LogP contribution < -0.4 is 5.32 Å². The van der Waals surface area contributed by atoms with Crippen LogP contribution in [-0.2, 0) is 0 Å². The average molecular weight is 349 g/mol. The van der Waals surface area contributed by atoms with Gasteiger partial charge in [0, 0.05) is 19.8 Å². The molecule has 2 unspecified atom stereocenters. The number of nitrogens with one attached hydrogen (secondary N) is 1. The van der Waals surface area contributed by atoms with Gasteiger partial charge >= 0.3 is 0 Å². The fourth-order valence-corrected chi connectivity index (χ4v) is 3.03. The Bertz CT molecular complexity index is 652.